The Labute approximate surface area is 168 Å². The molecule has 3 rings (SSSR count). The highest BCUT2D eigenvalue weighted by molar-refractivity contribution is 5.89. The van der Waals surface area contributed by atoms with Gasteiger partial charge in [-0.15, -0.1) is 0 Å². The summed E-state index contributed by atoms with van der Waals surface area (Å²) >= 11 is 0. The highest BCUT2D eigenvalue weighted by Gasteiger charge is 2.20. The SMILES string of the molecule is CCN(CC)c1ccc(NC(=O)N2CCN(CCc3ccccc3)CC2)cc1. The minimum atomic E-state index is -0.00158. The normalized spacial score (nSPS) is 14.7. The quantitative estimate of drug-likeness (QED) is 0.791. The third kappa shape index (κ3) is 5.49. The van der Waals surface area contributed by atoms with Gasteiger partial charge in [-0.1, -0.05) is 30.3 Å². The van der Waals surface area contributed by atoms with E-state index in [2.05, 4.69) is 71.4 Å². The molecule has 0 bridgehead atoms. The van der Waals surface area contributed by atoms with Crippen molar-refractivity contribution in [1.82, 2.24) is 9.80 Å². The molecule has 2 aromatic rings. The maximum Gasteiger partial charge on any atom is 0.321 e. The van der Waals surface area contributed by atoms with Crippen LogP contribution in [-0.4, -0.2) is 61.6 Å². The number of hydrogen-bond acceptors (Lipinski definition) is 3. The zero-order valence-corrected chi connectivity index (χ0v) is 17.1. The summed E-state index contributed by atoms with van der Waals surface area (Å²) in [5.41, 5.74) is 3.42. The Morgan fingerprint density at radius 2 is 1.57 bits per heavy atom. The van der Waals surface area contributed by atoms with Crippen LogP contribution < -0.4 is 10.2 Å². The van der Waals surface area contributed by atoms with Crippen molar-refractivity contribution in [3.63, 3.8) is 0 Å². The lowest BCUT2D eigenvalue weighted by molar-refractivity contribution is 0.148. The fourth-order valence-electron chi connectivity index (χ4n) is 3.65. The molecule has 0 atom stereocenters. The van der Waals surface area contributed by atoms with Crippen molar-refractivity contribution in [2.24, 2.45) is 0 Å². The number of carbonyl (C=O) groups is 1. The van der Waals surface area contributed by atoms with Crippen molar-refractivity contribution in [3.8, 4) is 0 Å². The van der Waals surface area contributed by atoms with E-state index in [0.29, 0.717) is 0 Å². The number of piperazine rings is 1. The van der Waals surface area contributed by atoms with Crippen LogP contribution in [0.15, 0.2) is 54.6 Å². The van der Waals surface area contributed by atoms with Gasteiger partial charge in [-0.2, -0.15) is 0 Å². The number of benzene rings is 2. The molecule has 5 heteroatoms. The summed E-state index contributed by atoms with van der Waals surface area (Å²) in [7, 11) is 0. The van der Waals surface area contributed by atoms with Gasteiger partial charge in [-0.05, 0) is 50.1 Å². The summed E-state index contributed by atoms with van der Waals surface area (Å²) in [6.45, 7) is 10.7. The van der Waals surface area contributed by atoms with E-state index in [-0.39, 0.29) is 6.03 Å². The molecule has 28 heavy (non-hydrogen) atoms. The Morgan fingerprint density at radius 3 is 2.18 bits per heavy atom. The first kappa shape index (κ1) is 20.2. The van der Waals surface area contributed by atoms with Gasteiger partial charge in [-0.25, -0.2) is 4.79 Å². The van der Waals surface area contributed by atoms with Gasteiger partial charge in [0.2, 0.25) is 0 Å². The number of rotatable bonds is 7. The average Bonchev–Trinajstić information content (AvgIpc) is 2.75. The van der Waals surface area contributed by atoms with Crippen molar-refractivity contribution in [2.75, 3.05) is 56.0 Å². The van der Waals surface area contributed by atoms with Gasteiger partial charge in [-0.3, -0.25) is 4.90 Å². The van der Waals surface area contributed by atoms with E-state index in [9.17, 15) is 4.79 Å². The van der Waals surface area contributed by atoms with Gasteiger partial charge >= 0.3 is 6.03 Å². The number of hydrogen-bond donors (Lipinski definition) is 1. The van der Waals surface area contributed by atoms with Crippen LogP contribution in [0, 0.1) is 0 Å². The Kier molecular flexibility index (Phi) is 7.31. The molecule has 5 nitrogen and oxygen atoms in total. The average molecular weight is 381 g/mol. The van der Waals surface area contributed by atoms with Crippen LogP contribution in [0.25, 0.3) is 0 Å². The first-order valence-corrected chi connectivity index (χ1v) is 10.4. The molecule has 1 saturated heterocycles. The number of anilines is 2. The summed E-state index contributed by atoms with van der Waals surface area (Å²) in [5, 5.41) is 3.04. The molecule has 1 heterocycles. The predicted octanol–water partition coefficient (Wildman–Crippen LogP) is 3.93. The Hall–Kier alpha value is -2.53. The zero-order valence-electron chi connectivity index (χ0n) is 17.1. The van der Waals surface area contributed by atoms with Gasteiger partial charge in [0.25, 0.3) is 0 Å². The minimum absolute atomic E-state index is 0.00158. The van der Waals surface area contributed by atoms with E-state index >= 15 is 0 Å². The van der Waals surface area contributed by atoms with Crippen LogP contribution in [0.2, 0.25) is 0 Å². The molecule has 0 saturated carbocycles. The second kappa shape index (κ2) is 10.1. The summed E-state index contributed by atoms with van der Waals surface area (Å²) in [6, 6.07) is 18.7. The fraction of sp³-hybridized carbons (Fsp3) is 0.435. The van der Waals surface area contributed by atoms with Crippen LogP contribution in [0.3, 0.4) is 0 Å². The summed E-state index contributed by atoms with van der Waals surface area (Å²) in [5.74, 6) is 0. The summed E-state index contributed by atoms with van der Waals surface area (Å²) in [6.07, 6.45) is 1.06. The van der Waals surface area contributed by atoms with Gasteiger partial charge in [0.1, 0.15) is 0 Å². The smallest absolute Gasteiger partial charge is 0.321 e. The number of urea groups is 1. The van der Waals surface area contributed by atoms with Crippen LogP contribution in [0.4, 0.5) is 16.2 Å². The first-order chi connectivity index (χ1) is 13.7. The fourth-order valence-corrected chi connectivity index (χ4v) is 3.65. The molecule has 1 N–H and O–H groups in total. The van der Waals surface area contributed by atoms with Crippen molar-refractivity contribution in [2.45, 2.75) is 20.3 Å². The maximum absolute atomic E-state index is 12.6. The maximum atomic E-state index is 12.6. The van der Waals surface area contributed by atoms with Gasteiger partial charge in [0.15, 0.2) is 0 Å². The number of nitrogens with one attached hydrogen (secondary N) is 1. The Bertz CT molecular complexity index is 720. The molecule has 1 aliphatic rings. The summed E-state index contributed by atoms with van der Waals surface area (Å²) in [4.78, 5) is 19.2. The summed E-state index contributed by atoms with van der Waals surface area (Å²) < 4.78 is 0. The highest BCUT2D eigenvalue weighted by atomic mass is 16.2. The lowest BCUT2D eigenvalue weighted by atomic mass is 10.1. The van der Waals surface area contributed by atoms with Crippen molar-refractivity contribution in [1.29, 1.82) is 0 Å². The van der Waals surface area contributed by atoms with Gasteiger partial charge in [0.05, 0.1) is 0 Å². The Balaban J connectivity index is 1.43. The van der Waals surface area contributed by atoms with Crippen molar-refractivity contribution >= 4 is 17.4 Å². The molecule has 2 amide bonds. The predicted molar refractivity (Wildman–Crippen MR) is 117 cm³/mol. The first-order valence-electron chi connectivity index (χ1n) is 10.4. The molecule has 0 spiro atoms. The minimum Gasteiger partial charge on any atom is -0.372 e. The number of nitrogens with zero attached hydrogens (tertiary/aromatic N) is 3. The zero-order chi connectivity index (χ0) is 19.8. The Morgan fingerprint density at radius 1 is 0.929 bits per heavy atom. The number of amides is 2. The molecule has 1 fully saturated rings. The number of carbonyl (C=O) groups excluding carboxylic acids is 1. The second-order valence-electron chi connectivity index (χ2n) is 7.21. The van der Waals surface area contributed by atoms with Crippen LogP contribution in [0.1, 0.15) is 19.4 Å². The van der Waals surface area contributed by atoms with E-state index in [4.69, 9.17) is 0 Å². The largest absolute Gasteiger partial charge is 0.372 e. The molecule has 0 unspecified atom stereocenters. The third-order valence-corrected chi connectivity index (χ3v) is 5.47. The standard InChI is InChI=1S/C23H32N4O/c1-3-26(4-2)22-12-10-21(11-13-22)24-23(28)27-18-16-25(17-19-27)15-14-20-8-6-5-7-9-20/h5-13H,3-4,14-19H2,1-2H3,(H,24,28). The molecule has 150 valence electrons. The van der Waals surface area contributed by atoms with Crippen LogP contribution >= 0.6 is 0 Å². The lowest BCUT2D eigenvalue weighted by Crippen LogP contribution is -2.50. The van der Waals surface area contributed by atoms with Crippen molar-refractivity contribution < 1.29 is 4.79 Å². The molecule has 0 radical (unpaired) electrons. The second-order valence-corrected chi connectivity index (χ2v) is 7.21. The van der Waals surface area contributed by atoms with E-state index in [1.54, 1.807) is 0 Å². The van der Waals surface area contributed by atoms with Crippen LogP contribution in [-0.2, 0) is 6.42 Å². The van der Waals surface area contributed by atoms with Gasteiger partial charge < -0.3 is 15.1 Å². The van der Waals surface area contributed by atoms with Crippen LogP contribution in [0.5, 0.6) is 0 Å². The van der Waals surface area contributed by atoms with Crippen molar-refractivity contribution in [3.05, 3.63) is 60.2 Å². The topological polar surface area (TPSA) is 38.8 Å². The molecule has 1 aliphatic heterocycles. The van der Waals surface area contributed by atoms with E-state index in [0.717, 1.165) is 57.9 Å². The molecular formula is C23H32N4O. The van der Waals surface area contributed by atoms with E-state index in [1.807, 2.05) is 17.0 Å². The highest BCUT2D eigenvalue weighted by Crippen LogP contribution is 2.18. The molecular weight excluding hydrogens is 348 g/mol. The van der Waals surface area contributed by atoms with E-state index in [1.165, 1.54) is 11.3 Å². The molecule has 0 aromatic heterocycles. The van der Waals surface area contributed by atoms with E-state index < -0.39 is 0 Å². The molecule has 0 aliphatic carbocycles. The monoisotopic (exact) mass is 380 g/mol. The third-order valence-electron chi connectivity index (χ3n) is 5.47. The van der Waals surface area contributed by atoms with Gasteiger partial charge in [0, 0.05) is 57.2 Å². The lowest BCUT2D eigenvalue weighted by Gasteiger charge is -2.34. The molecule has 2 aromatic carbocycles.